The van der Waals surface area contributed by atoms with Crippen molar-refractivity contribution in [2.45, 2.75) is 32.7 Å². The lowest BCUT2D eigenvalue weighted by Gasteiger charge is -2.21. The van der Waals surface area contributed by atoms with Gasteiger partial charge in [0.25, 0.3) is 11.5 Å². The molecule has 0 fully saturated rings. The summed E-state index contributed by atoms with van der Waals surface area (Å²) in [5, 5.41) is 12.5. The molecule has 144 valence electrons. The highest BCUT2D eigenvalue weighted by Gasteiger charge is 2.26. The first kappa shape index (κ1) is 20.1. The average Bonchev–Trinajstić information content (AvgIpc) is 2.57. The Kier molecular flexibility index (Phi) is 5.34. The van der Waals surface area contributed by atoms with Gasteiger partial charge in [-0.1, -0.05) is 26.8 Å². The minimum atomic E-state index is -0.844. The molecule has 27 heavy (non-hydrogen) atoms. The first-order valence-corrected chi connectivity index (χ1v) is 8.10. The molecular weight excluding hydrogens is 355 g/mol. The lowest BCUT2D eigenvalue weighted by Crippen LogP contribution is -2.34. The standard InChI is InChI=1S/C18H21FN4O4/c1-18(2,3)17-22-12(13(24)16(27)23(17)4)15(26)21-8-9-5-6-10(19)7-11(9)14(20)25/h5-7,24H,8H2,1-4H3,(H2,20,25)(H,21,26). The van der Waals surface area contributed by atoms with Crippen LogP contribution in [0.4, 0.5) is 4.39 Å². The van der Waals surface area contributed by atoms with Crippen molar-refractivity contribution in [1.29, 1.82) is 0 Å². The second-order valence-electron chi connectivity index (χ2n) is 7.10. The summed E-state index contributed by atoms with van der Waals surface area (Å²) in [5.74, 6) is -2.76. The molecule has 0 unspecified atom stereocenters. The van der Waals surface area contributed by atoms with E-state index >= 15 is 0 Å². The third-order valence-corrected chi connectivity index (χ3v) is 3.93. The van der Waals surface area contributed by atoms with E-state index in [2.05, 4.69) is 10.3 Å². The molecule has 0 saturated heterocycles. The molecule has 2 aromatic rings. The molecule has 8 nitrogen and oxygen atoms in total. The lowest BCUT2D eigenvalue weighted by molar-refractivity contribution is 0.0937. The topological polar surface area (TPSA) is 127 Å². The summed E-state index contributed by atoms with van der Waals surface area (Å²) >= 11 is 0. The van der Waals surface area contributed by atoms with Crippen LogP contribution >= 0.6 is 0 Å². The van der Waals surface area contributed by atoms with E-state index in [0.29, 0.717) is 5.82 Å². The van der Waals surface area contributed by atoms with Crippen LogP contribution in [0.1, 0.15) is 53.0 Å². The summed E-state index contributed by atoms with van der Waals surface area (Å²) in [5.41, 5.74) is 3.70. The van der Waals surface area contributed by atoms with E-state index < -0.39 is 40.0 Å². The molecular formula is C18H21FN4O4. The number of primary amides is 1. The Morgan fingerprint density at radius 1 is 1.33 bits per heavy atom. The van der Waals surface area contributed by atoms with Gasteiger partial charge in [-0.15, -0.1) is 0 Å². The number of benzene rings is 1. The molecule has 0 spiro atoms. The average molecular weight is 376 g/mol. The molecule has 1 heterocycles. The third kappa shape index (κ3) is 4.13. The molecule has 2 amide bonds. The number of aromatic hydroxyl groups is 1. The zero-order valence-corrected chi connectivity index (χ0v) is 15.5. The molecule has 2 rings (SSSR count). The van der Waals surface area contributed by atoms with E-state index in [0.717, 1.165) is 12.1 Å². The highest BCUT2D eigenvalue weighted by Crippen LogP contribution is 2.21. The van der Waals surface area contributed by atoms with Gasteiger partial charge in [0.1, 0.15) is 11.6 Å². The number of amides is 2. The van der Waals surface area contributed by atoms with Gasteiger partial charge in [0.2, 0.25) is 11.7 Å². The van der Waals surface area contributed by atoms with Gasteiger partial charge in [0.15, 0.2) is 5.69 Å². The highest BCUT2D eigenvalue weighted by atomic mass is 19.1. The molecule has 0 aliphatic heterocycles. The van der Waals surface area contributed by atoms with Crippen LogP contribution in [-0.4, -0.2) is 26.5 Å². The first-order chi connectivity index (χ1) is 12.4. The van der Waals surface area contributed by atoms with Crippen LogP contribution in [0.2, 0.25) is 0 Å². The van der Waals surface area contributed by atoms with Crippen molar-refractivity contribution in [2.75, 3.05) is 0 Å². The van der Waals surface area contributed by atoms with Crippen LogP contribution < -0.4 is 16.6 Å². The van der Waals surface area contributed by atoms with E-state index in [4.69, 9.17) is 5.73 Å². The Labute approximate surface area is 154 Å². The van der Waals surface area contributed by atoms with Crippen LogP contribution in [-0.2, 0) is 19.0 Å². The SMILES string of the molecule is Cn1c(C(C)(C)C)nc(C(=O)NCc2ccc(F)cc2C(N)=O)c(O)c1=O. The summed E-state index contributed by atoms with van der Waals surface area (Å²) in [6, 6.07) is 3.41. The van der Waals surface area contributed by atoms with Gasteiger partial charge < -0.3 is 16.2 Å². The van der Waals surface area contributed by atoms with Gasteiger partial charge in [-0.05, 0) is 17.7 Å². The molecule has 4 N–H and O–H groups in total. The second kappa shape index (κ2) is 7.18. The number of nitrogens with one attached hydrogen (secondary N) is 1. The Balaban J connectivity index is 2.37. The number of halogens is 1. The van der Waals surface area contributed by atoms with E-state index in [1.165, 1.54) is 17.7 Å². The van der Waals surface area contributed by atoms with Crippen molar-refractivity contribution in [3.8, 4) is 5.75 Å². The predicted molar refractivity (Wildman–Crippen MR) is 95.9 cm³/mol. The van der Waals surface area contributed by atoms with Crippen molar-refractivity contribution in [3.63, 3.8) is 0 Å². The second-order valence-corrected chi connectivity index (χ2v) is 7.10. The predicted octanol–water partition coefficient (Wildman–Crippen LogP) is 0.951. The summed E-state index contributed by atoms with van der Waals surface area (Å²) in [6.45, 7) is 5.26. The van der Waals surface area contributed by atoms with E-state index in [-0.39, 0.29) is 17.7 Å². The number of hydrogen-bond donors (Lipinski definition) is 3. The van der Waals surface area contributed by atoms with Gasteiger partial charge in [0.05, 0.1) is 0 Å². The molecule has 1 aromatic heterocycles. The van der Waals surface area contributed by atoms with E-state index in [1.54, 1.807) is 0 Å². The molecule has 0 aliphatic rings. The number of carbonyl (C=O) groups is 2. The molecule has 0 aliphatic carbocycles. The van der Waals surface area contributed by atoms with Crippen LogP contribution in [0.5, 0.6) is 5.75 Å². The van der Waals surface area contributed by atoms with Crippen molar-refractivity contribution in [3.05, 3.63) is 57.0 Å². The van der Waals surface area contributed by atoms with E-state index in [1.807, 2.05) is 20.8 Å². The largest absolute Gasteiger partial charge is 0.501 e. The smallest absolute Gasteiger partial charge is 0.296 e. The normalized spacial score (nSPS) is 11.3. The number of hydrogen-bond acceptors (Lipinski definition) is 5. The third-order valence-electron chi connectivity index (χ3n) is 3.93. The highest BCUT2D eigenvalue weighted by molar-refractivity contribution is 5.96. The zero-order chi connectivity index (χ0) is 20.5. The van der Waals surface area contributed by atoms with Crippen molar-refractivity contribution in [2.24, 2.45) is 12.8 Å². The number of nitrogens with zero attached hydrogens (tertiary/aromatic N) is 2. The van der Waals surface area contributed by atoms with Crippen LogP contribution in [0.15, 0.2) is 23.0 Å². The van der Waals surface area contributed by atoms with Gasteiger partial charge in [-0.3, -0.25) is 19.0 Å². The summed E-state index contributed by atoms with van der Waals surface area (Å²) in [7, 11) is 1.45. The summed E-state index contributed by atoms with van der Waals surface area (Å²) in [6.07, 6.45) is 0. The number of nitrogens with two attached hydrogens (primary N) is 1. The van der Waals surface area contributed by atoms with Gasteiger partial charge in [-0.25, -0.2) is 9.37 Å². The quantitative estimate of drug-likeness (QED) is 0.732. The Bertz CT molecular complexity index is 977. The monoisotopic (exact) mass is 376 g/mol. The van der Waals surface area contributed by atoms with Crippen molar-refractivity contribution in [1.82, 2.24) is 14.9 Å². The minimum Gasteiger partial charge on any atom is -0.501 e. The zero-order valence-electron chi connectivity index (χ0n) is 15.5. The summed E-state index contributed by atoms with van der Waals surface area (Å²) in [4.78, 5) is 40.2. The van der Waals surface area contributed by atoms with E-state index in [9.17, 15) is 23.9 Å². The molecule has 0 atom stereocenters. The van der Waals surface area contributed by atoms with Crippen LogP contribution in [0.25, 0.3) is 0 Å². The van der Waals surface area contributed by atoms with Crippen molar-refractivity contribution >= 4 is 11.8 Å². The maximum Gasteiger partial charge on any atom is 0.296 e. The fraction of sp³-hybridized carbons (Fsp3) is 0.333. The number of rotatable bonds is 4. The fourth-order valence-electron chi connectivity index (χ4n) is 2.61. The maximum atomic E-state index is 13.3. The number of aromatic nitrogens is 2. The van der Waals surface area contributed by atoms with Crippen LogP contribution in [0.3, 0.4) is 0 Å². The molecule has 0 bridgehead atoms. The Hall–Kier alpha value is -3.23. The van der Waals surface area contributed by atoms with Gasteiger partial charge in [-0.2, -0.15) is 0 Å². The molecule has 0 saturated carbocycles. The summed E-state index contributed by atoms with van der Waals surface area (Å²) < 4.78 is 14.5. The first-order valence-electron chi connectivity index (χ1n) is 8.10. The minimum absolute atomic E-state index is 0.0770. The van der Waals surface area contributed by atoms with Crippen molar-refractivity contribution < 1.29 is 19.1 Å². The van der Waals surface area contributed by atoms with Crippen LogP contribution in [0, 0.1) is 5.82 Å². The molecule has 1 aromatic carbocycles. The van der Waals surface area contributed by atoms with Gasteiger partial charge in [0, 0.05) is 24.6 Å². The maximum absolute atomic E-state index is 13.3. The molecule has 9 heteroatoms. The number of carbonyl (C=O) groups excluding carboxylic acids is 2. The Morgan fingerprint density at radius 3 is 2.52 bits per heavy atom. The van der Waals surface area contributed by atoms with Gasteiger partial charge >= 0.3 is 0 Å². The molecule has 0 radical (unpaired) electrons. The fourth-order valence-corrected chi connectivity index (χ4v) is 2.61. The lowest BCUT2D eigenvalue weighted by atomic mass is 9.95. The Morgan fingerprint density at radius 2 is 1.96 bits per heavy atom.